The van der Waals surface area contributed by atoms with Crippen molar-refractivity contribution in [3.8, 4) is 0 Å². The molecule has 0 saturated heterocycles. The molecular formula is C29H51O5P. The van der Waals surface area contributed by atoms with Crippen molar-refractivity contribution in [2.75, 3.05) is 14.2 Å². The Morgan fingerprint density at radius 2 is 1.74 bits per heavy atom. The monoisotopic (exact) mass is 510 g/mol. The molecule has 4 aliphatic carbocycles. The number of hydrogen-bond acceptors (Lipinski definition) is 5. The highest BCUT2D eigenvalue weighted by molar-refractivity contribution is 7.48. The number of aliphatic hydroxyl groups is 1. The molecule has 1 unspecified atom stereocenters. The van der Waals surface area contributed by atoms with Crippen LogP contribution in [0, 0.1) is 46.3 Å². The number of rotatable bonds is 9. The van der Waals surface area contributed by atoms with Crippen LogP contribution in [0.1, 0.15) is 98.8 Å². The van der Waals surface area contributed by atoms with Crippen LogP contribution in [0.25, 0.3) is 0 Å². The first-order valence-corrected chi connectivity index (χ1v) is 15.7. The summed E-state index contributed by atoms with van der Waals surface area (Å²) in [5.74, 6) is 4.16. The Labute approximate surface area is 214 Å². The van der Waals surface area contributed by atoms with Gasteiger partial charge in [0.05, 0.1) is 12.2 Å². The van der Waals surface area contributed by atoms with E-state index in [-0.39, 0.29) is 17.6 Å². The summed E-state index contributed by atoms with van der Waals surface area (Å²) in [7, 11) is -0.665. The average molecular weight is 511 g/mol. The Bertz CT molecular complexity index is 818. The summed E-state index contributed by atoms with van der Waals surface area (Å²) in [4.78, 5) is 0. The van der Waals surface area contributed by atoms with Crippen LogP contribution >= 0.6 is 7.82 Å². The van der Waals surface area contributed by atoms with Gasteiger partial charge < -0.3 is 5.11 Å². The van der Waals surface area contributed by atoms with Crippen molar-refractivity contribution in [2.24, 2.45) is 46.3 Å². The van der Waals surface area contributed by atoms with Gasteiger partial charge in [0.15, 0.2) is 0 Å². The second kappa shape index (κ2) is 10.5. The molecular weight excluding hydrogens is 459 g/mol. The number of allylic oxidation sites excluding steroid dienone is 1. The molecule has 0 radical (unpaired) electrons. The van der Waals surface area contributed by atoms with E-state index in [1.54, 1.807) is 0 Å². The Balaban J connectivity index is 1.45. The van der Waals surface area contributed by atoms with Crippen LogP contribution in [0.15, 0.2) is 11.6 Å². The molecule has 0 bridgehead atoms. The third-order valence-corrected chi connectivity index (χ3v) is 12.7. The number of phosphoric ester groups is 1. The molecule has 202 valence electrons. The highest BCUT2D eigenvalue weighted by Crippen LogP contribution is 2.67. The molecule has 3 fully saturated rings. The van der Waals surface area contributed by atoms with Crippen LogP contribution in [-0.4, -0.2) is 31.5 Å². The Kier molecular flexibility index (Phi) is 8.37. The zero-order valence-electron chi connectivity index (χ0n) is 23.3. The zero-order chi connectivity index (χ0) is 25.6. The Hall–Kier alpha value is -0.190. The van der Waals surface area contributed by atoms with Crippen LogP contribution in [0.3, 0.4) is 0 Å². The second-order valence-corrected chi connectivity index (χ2v) is 15.0. The minimum Gasteiger partial charge on any atom is -0.393 e. The molecule has 5 nitrogen and oxygen atoms in total. The fourth-order valence-corrected chi connectivity index (χ4v) is 9.87. The summed E-state index contributed by atoms with van der Waals surface area (Å²) in [6.07, 6.45) is 13.8. The van der Waals surface area contributed by atoms with E-state index in [1.165, 1.54) is 51.9 Å². The first-order valence-electron chi connectivity index (χ1n) is 14.2. The lowest BCUT2D eigenvalue weighted by molar-refractivity contribution is -0.0580. The summed E-state index contributed by atoms with van der Waals surface area (Å²) in [6.45, 7) is 11.8. The molecule has 0 aromatic heterocycles. The van der Waals surface area contributed by atoms with E-state index in [0.717, 1.165) is 55.8 Å². The number of phosphoric acid groups is 1. The second-order valence-electron chi connectivity index (χ2n) is 13.1. The zero-order valence-corrected chi connectivity index (χ0v) is 24.2. The molecule has 0 amide bonds. The van der Waals surface area contributed by atoms with Gasteiger partial charge >= 0.3 is 7.82 Å². The Morgan fingerprint density at radius 1 is 1.03 bits per heavy atom. The summed E-state index contributed by atoms with van der Waals surface area (Å²) in [5, 5.41) is 10.4. The van der Waals surface area contributed by atoms with Gasteiger partial charge in [0.2, 0.25) is 0 Å². The highest BCUT2D eigenvalue weighted by Gasteiger charge is 2.59. The van der Waals surface area contributed by atoms with Crippen molar-refractivity contribution in [3.05, 3.63) is 11.6 Å². The third-order valence-electron chi connectivity index (χ3n) is 11.2. The average Bonchev–Trinajstić information content (AvgIpc) is 3.19. The van der Waals surface area contributed by atoms with E-state index >= 15 is 0 Å². The van der Waals surface area contributed by atoms with Crippen LogP contribution in [0.4, 0.5) is 0 Å². The summed E-state index contributed by atoms with van der Waals surface area (Å²) in [5.41, 5.74) is 2.19. The van der Waals surface area contributed by atoms with Gasteiger partial charge in [-0.25, -0.2) is 4.57 Å². The van der Waals surface area contributed by atoms with Crippen molar-refractivity contribution in [1.29, 1.82) is 0 Å². The van der Waals surface area contributed by atoms with Gasteiger partial charge in [-0.05, 0) is 111 Å². The van der Waals surface area contributed by atoms with Crippen LogP contribution in [0.2, 0.25) is 0 Å². The maximum atomic E-state index is 12.5. The van der Waals surface area contributed by atoms with Crippen LogP contribution in [-0.2, 0) is 18.1 Å². The lowest BCUT2D eigenvalue weighted by Gasteiger charge is -2.58. The van der Waals surface area contributed by atoms with Gasteiger partial charge in [-0.1, -0.05) is 46.3 Å². The quantitative estimate of drug-likeness (QED) is 0.253. The van der Waals surface area contributed by atoms with Gasteiger partial charge in [-0.15, -0.1) is 0 Å². The van der Waals surface area contributed by atoms with Crippen molar-refractivity contribution >= 4 is 7.82 Å². The minimum absolute atomic E-state index is 0.0941. The largest absolute Gasteiger partial charge is 0.474 e. The molecule has 0 aromatic carbocycles. The topological polar surface area (TPSA) is 65.0 Å². The molecule has 1 N–H and O–H groups in total. The molecule has 35 heavy (non-hydrogen) atoms. The predicted octanol–water partition coefficient (Wildman–Crippen LogP) is 7.78. The molecule has 9 atom stereocenters. The van der Waals surface area contributed by atoms with Crippen molar-refractivity contribution in [2.45, 2.75) is 111 Å². The molecule has 4 rings (SSSR count). The van der Waals surface area contributed by atoms with Gasteiger partial charge in [0, 0.05) is 14.2 Å². The number of aliphatic hydroxyl groups excluding tert-OH is 1. The van der Waals surface area contributed by atoms with Crippen molar-refractivity contribution in [3.63, 3.8) is 0 Å². The molecule has 4 aliphatic rings. The lowest BCUT2D eigenvalue weighted by atomic mass is 9.47. The van der Waals surface area contributed by atoms with Gasteiger partial charge in [-0.3, -0.25) is 13.6 Å². The van der Waals surface area contributed by atoms with Gasteiger partial charge in [0.1, 0.15) is 0 Å². The summed E-state index contributed by atoms with van der Waals surface area (Å²) in [6, 6.07) is 0. The molecule has 0 spiro atoms. The first-order chi connectivity index (χ1) is 16.5. The molecule has 3 saturated carbocycles. The fourth-order valence-electron chi connectivity index (χ4n) is 9.00. The summed E-state index contributed by atoms with van der Waals surface area (Å²) >= 11 is 0. The number of fused-ring (bicyclic) bond motifs is 5. The van der Waals surface area contributed by atoms with E-state index in [2.05, 4.69) is 40.7 Å². The molecule has 0 aliphatic heterocycles. The molecule has 6 heteroatoms. The third kappa shape index (κ3) is 5.11. The molecule has 0 heterocycles. The normalized spacial score (nSPS) is 41.1. The Morgan fingerprint density at radius 3 is 2.40 bits per heavy atom. The first kappa shape index (κ1) is 27.8. The van der Waals surface area contributed by atoms with Crippen molar-refractivity contribution in [1.82, 2.24) is 0 Å². The van der Waals surface area contributed by atoms with Crippen LogP contribution < -0.4 is 0 Å². The van der Waals surface area contributed by atoms with Crippen LogP contribution in [0.5, 0.6) is 0 Å². The lowest BCUT2D eigenvalue weighted by Crippen LogP contribution is -2.51. The van der Waals surface area contributed by atoms with E-state index < -0.39 is 7.82 Å². The van der Waals surface area contributed by atoms with E-state index in [0.29, 0.717) is 17.3 Å². The van der Waals surface area contributed by atoms with E-state index in [4.69, 9.17) is 13.6 Å². The highest BCUT2D eigenvalue weighted by atomic mass is 31.2. The van der Waals surface area contributed by atoms with Gasteiger partial charge in [-0.2, -0.15) is 0 Å². The molecule has 0 aromatic rings. The van der Waals surface area contributed by atoms with E-state index in [9.17, 15) is 9.67 Å². The standard InChI is InChI=1S/C29H51O5P/c1-19(2)27(30)13-8-20(3)24-11-12-25-23-10-9-21-18-22(34-35(31,32-6)33-7)14-16-28(21,4)26(23)15-17-29(24,25)5/h9,19-20,22-27,30H,8,10-18H2,1-7H3/t20-,22+,23+,24-,25+,26+,27?,28+,29-/m1/s1. The fraction of sp³-hybridized carbons (Fsp3) is 0.931. The maximum absolute atomic E-state index is 12.5. The maximum Gasteiger partial charge on any atom is 0.474 e. The van der Waals surface area contributed by atoms with E-state index in [1.807, 2.05) is 0 Å². The van der Waals surface area contributed by atoms with Gasteiger partial charge in [0.25, 0.3) is 0 Å². The number of hydrogen-bond donors (Lipinski definition) is 1. The smallest absolute Gasteiger partial charge is 0.393 e. The minimum atomic E-state index is -3.45. The SMILES string of the molecule is COP(=O)(OC)O[C@H]1CC[C@@]2(C)C(=CC[C@H]3[C@@H]4CC[C@H]([C@H](C)CCC(O)C(C)C)[C@@]4(C)CC[C@@H]32)C1. The van der Waals surface area contributed by atoms with Crippen molar-refractivity contribution < 1.29 is 23.2 Å². The summed E-state index contributed by atoms with van der Waals surface area (Å²) < 4.78 is 28.5. The predicted molar refractivity (Wildman–Crippen MR) is 141 cm³/mol.